The fourth-order valence-electron chi connectivity index (χ4n) is 4.04. The fourth-order valence-corrected chi connectivity index (χ4v) is 4.04. The summed E-state index contributed by atoms with van der Waals surface area (Å²) in [5, 5.41) is 17.3. The number of nitriles is 1. The number of hydrogen-bond donors (Lipinski definition) is 1. The lowest BCUT2D eigenvalue weighted by Gasteiger charge is -2.12. The van der Waals surface area contributed by atoms with Crippen molar-refractivity contribution in [3.63, 3.8) is 0 Å². The van der Waals surface area contributed by atoms with E-state index in [2.05, 4.69) is 26.5 Å². The summed E-state index contributed by atoms with van der Waals surface area (Å²) in [6.07, 6.45) is 1.18. The first-order valence-electron chi connectivity index (χ1n) is 12.0. The first kappa shape index (κ1) is 25.2. The van der Waals surface area contributed by atoms with E-state index in [1.54, 1.807) is 61.5 Å². The minimum atomic E-state index is -0.572. The summed E-state index contributed by atoms with van der Waals surface area (Å²) < 4.78 is 17.6. The fraction of sp³-hybridized carbons (Fsp3) is 0.138. The number of nitrogens with zero attached hydrogens (tertiary/aromatic N) is 5. The standard InChI is InChI=1S/C29H24N6O4/c1-37-24-12-11-21(27(14-24)38-2)16-31-29(36)39-18-23-6-3-7-25(33-23)19-9-10-20-17-32-35(26(20)13-19)28-8-4-5-22(15-30)34-28/h3-14,17H,16,18H2,1-2H3,(H,31,36). The minimum absolute atomic E-state index is 0.00443. The Labute approximate surface area is 224 Å². The van der Waals surface area contributed by atoms with Crippen molar-refractivity contribution in [3.05, 3.63) is 95.9 Å². The molecule has 0 saturated heterocycles. The maximum atomic E-state index is 12.3. The predicted octanol–water partition coefficient (Wildman–Crippen LogP) is 4.80. The van der Waals surface area contributed by atoms with E-state index in [9.17, 15) is 10.1 Å². The molecular formula is C29H24N6O4. The van der Waals surface area contributed by atoms with Gasteiger partial charge in [-0.25, -0.2) is 19.4 Å². The van der Waals surface area contributed by atoms with Gasteiger partial charge in [-0.05, 0) is 42.5 Å². The van der Waals surface area contributed by atoms with Gasteiger partial charge in [-0.3, -0.25) is 0 Å². The monoisotopic (exact) mass is 520 g/mol. The number of pyridine rings is 2. The lowest BCUT2D eigenvalue weighted by atomic mass is 10.1. The zero-order chi connectivity index (χ0) is 27.2. The Hall–Kier alpha value is -5.43. The number of carbonyl (C=O) groups is 1. The van der Waals surface area contributed by atoms with E-state index < -0.39 is 6.09 Å². The van der Waals surface area contributed by atoms with Crippen molar-refractivity contribution < 1.29 is 19.0 Å². The molecule has 10 nitrogen and oxygen atoms in total. The van der Waals surface area contributed by atoms with E-state index in [1.807, 2.05) is 36.4 Å². The van der Waals surface area contributed by atoms with Gasteiger partial charge in [0.15, 0.2) is 5.82 Å². The maximum Gasteiger partial charge on any atom is 0.407 e. The number of benzene rings is 2. The number of hydrogen-bond acceptors (Lipinski definition) is 8. The average Bonchev–Trinajstić information content (AvgIpc) is 3.42. The number of aromatic nitrogens is 4. The predicted molar refractivity (Wildman–Crippen MR) is 143 cm³/mol. The lowest BCUT2D eigenvalue weighted by molar-refractivity contribution is 0.137. The molecule has 0 fully saturated rings. The first-order chi connectivity index (χ1) is 19.1. The second-order valence-electron chi connectivity index (χ2n) is 8.44. The molecule has 0 aliphatic heterocycles. The van der Waals surface area contributed by atoms with Crippen molar-refractivity contribution in [2.75, 3.05) is 14.2 Å². The van der Waals surface area contributed by atoms with Gasteiger partial charge in [-0.15, -0.1) is 0 Å². The van der Waals surface area contributed by atoms with Crippen molar-refractivity contribution in [3.8, 4) is 34.6 Å². The summed E-state index contributed by atoms with van der Waals surface area (Å²) in [6, 6.07) is 24.0. The number of methoxy groups -OCH3 is 2. The molecule has 0 aliphatic carbocycles. The summed E-state index contributed by atoms with van der Waals surface area (Å²) in [5.74, 6) is 1.82. The zero-order valence-electron chi connectivity index (χ0n) is 21.3. The molecular weight excluding hydrogens is 496 g/mol. The van der Waals surface area contributed by atoms with Crippen LogP contribution in [0, 0.1) is 11.3 Å². The molecule has 3 aromatic heterocycles. The van der Waals surface area contributed by atoms with Gasteiger partial charge < -0.3 is 19.5 Å². The molecule has 1 amide bonds. The normalized spacial score (nSPS) is 10.6. The summed E-state index contributed by atoms with van der Waals surface area (Å²) in [6.45, 7) is 0.240. The molecule has 0 bridgehead atoms. The highest BCUT2D eigenvalue weighted by atomic mass is 16.5. The minimum Gasteiger partial charge on any atom is -0.497 e. The van der Waals surface area contributed by atoms with E-state index in [0.717, 1.165) is 22.0 Å². The first-order valence-corrected chi connectivity index (χ1v) is 12.0. The van der Waals surface area contributed by atoms with Gasteiger partial charge in [0, 0.05) is 29.1 Å². The van der Waals surface area contributed by atoms with Crippen LogP contribution in [0.5, 0.6) is 11.5 Å². The number of fused-ring (bicyclic) bond motifs is 1. The Kier molecular flexibility index (Phi) is 7.32. The second kappa shape index (κ2) is 11.3. The third-order valence-corrected chi connectivity index (χ3v) is 6.01. The molecule has 0 spiro atoms. The van der Waals surface area contributed by atoms with E-state index in [4.69, 9.17) is 14.2 Å². The van der Waals surface area contributed by atoms with E-state index in [-0.39, 0.29) is 13.2 Å². The molecule has 5 aromatic rings. The Morgan fingerprint density at radius 3 is 2.69 bits per heavy atom. The number of ether oxygens (including phenoxy) is 3. The van der Waals surface area contributed by atoms with Crippen LogP contribution in [0.15, 0.2) is 79.0 Å². The van der Waals surface area contributed by atoms with E-state index in [0.29, 0.717) is 34.4 Å². The second-order valence-corrected chi connectivity index (χ2v) is 8.44. The highest BCUT2D eigenvalue weighted by Crippen LogP contribution is 2.26. The van der Waals surface area contributed by atoms with Crippen LogP contribution in [0.1, 0.15) is 17.0 Å². The van der Waals surface area contributed by atoms with Crippen LogP contribution in [-0.2, 0) is 17.9 Å². The number of amides is 1. The molecule has 10 heteroatoms. The zero-order valence-corrected chi connectivity index (χ0v) is 21.3. The Morgan fingerprint density at radius 1 is 1.00 bits per heavy atom. The largest absolute Gasteiger partial charge is 0.497 e. The smallest absolute Gasteiger partial charge is 0.407 e. The lowest BCUT2D eigenvalue weighted by Crippen LogP contribution is -2.24. The van der Waals surface area contributed by atoms with Crippen LogP contribution in [0.2, 0.25) is 0 Å². The van der Waals surface area contributed by atoms with Crippen molar-refractivity contribution in [2.45, 2.75) is 13.2 Å². The molecule has 0 aliphatic rings. The average molecular weight is 521 g/mol. The van der Waals surface area contributed by atoms with Crippen LogP contribution >= 0.6 is 0 Å². The van der Waals surface area contributed by atoms with Crippen LogP contribution in [0.3, 0.4) is 0 Å². The van der Waals surface area contributed by atoms with E-state index in [1.165, 1.54) is 0 Å². The summed E-state index contributed by atoms with van der Waals surface area (Å²) in [5.41, 5.74) is 4.11. The van der Waals surface area contributed by atoms with Gasteiger partial charge in [0.1, 0.15) is 29.9 Å². The van der Waals surface area contributed by atoms with Gasteiger partial charge in [0.05, 0.1) is 37.3 Å². The van der Waals surface area contributed by atoms with Crippen molar-refractivity contribution in [2.24, 2.45) is 0 Å². The van der Waals surface area contributed by atoms with E-state index >= 15 is 0 Å². The van der Waals surface area contributed by atoms with Crippen molar-refractivity contribution >= 4 is 17.0 Å². The summed E-state index contributed by atoms with van der Waals surface area (Å²) >= 11 is 0. The van der Waals surface area contributed by atoms with Gasteiger partial charge in [0.2, 0.25) is 0 Å². The number of alkyl carbamates (subject to hydrolysis) is 1. The van der Waals surface area contributed by atoms with Crippen LogP contribution in [-0.4, -0.2) is 40.1 Å². The Balaban J connectivity index is 1.28. The summed E-state index contributed by atoms with van der Waals surface area (Å²) in [7, 11) is 3.14. The molecule has 194 valence electrons. The number of nitrogens with one attached hydrogen (secondary N) is 1. The van der Waals surface area contributed by atoms with Crippen LogP contribution < -0.4 is 14.8 Å². The SMILES string of the molecule is COc1ccc(CNC(=O)OCc2cccc(-c3ccc4cnn(-c5cccc(C#N)n5)c4c3)n2)c(OC)c1. The van der Waals surface area contributed by atoms with Gasteiger partial charge >= 0.3 is 6.09 Å². The number of carbonyl (C=O) groups excluding carboxylic acids is 1. The van der Waals surface area contributed by atoms with Crippen molar-refractivity contribution in [1.82, 2.24) is 25.1 Å². The maximum absolute atomic E-state index is 12.3. The molecule has 0 saturated carbocycles. The highest BCUT2D eigenvalue weighted by molar-refractivity contribution is 5.84. The number of rotatable bonds is 8. The highest BCUT2D eigenvalue weighted by Gasteiger charge is 2.11. The third kappa shape index (κ3) is 5.62. The Bertz CT molecular complexity index is 1690. The molecule has 1 N–H and O–H groups in total. The topological polar surface area (TPSA) is 124 Å². The van der Waals surface area contributed by atoms with Gasteiger partial charge in [-0.1, -0.05) is 24.3 Å². The molecule has 0 radical (unpaired) electrons. The molecule has 0 unspecified atom stereocenters. The molecule has 0 atom stereocenters. The summed E-state index contributed by atoms with van der Waals surface area (Å²) in [4.78, 5) is 21.4. The van der Waals surface area contributed by atoms with Gasteiger partial charge in [-0.2, -0.15) is 10.4 Å². The third-order valence-electron chi connectivity index (χ3n) is 6.01. The van der Waals surface area contributed by atoms with Gasteiger partial charge in [0.25, 0.3) is 0 Å². The quantitative estimate of drug-likeness (QED) is 0.309. The molecule has 39 heavy (non-hydrogen) atoms. The molecule has 5 rings (SSSR count). The molecule has 2 aromatic carbocycles. The van der Waals surface area contributed by atoms with Crippen LogP contribution in [0.25, 0.3) is 28.0 Å². The van der Waals surface area contributed by atoms with Crippen LogP contribution in [0.4, 0.5) is 4.79 Å². The molecule has 3 heterocycles. The van der Waals surface area contributed by atoms with Crippen molar-refractivity contribution in [1.29, 1.82) is 5.26 Å². The Morgan fingerprint density at radius 2 is 1.87 bits per heavy atom.